The van der Waals surface area contributed by atoms with Crippen LogP contribution in [0.4, 0.5) is 0 Å². The van der Waals surface area contributed by atoms with Crippen LogP contribution in [0.25, 0.3) is 0 Å². The number of nitrogens with two attached hydrogens (primary N) is 1. The van der Waals surface area contributed by atoms with Gasteiger partial charge in [0.1, 0.15) is 0 Å². The molecule has 0 spiro atoms. The molecule has 0 aliphatic carbocycles. The number of carbonyl (C=O) groups is 1. The molecule has 1 aromatic rings. The first kappa shape index (κ1) is 22.6. The zero-order valence-electron chi connectivity index (χ0n) is 18.0. The number of rotatable bonds is 5. The summed E-state index contributed by atoms with van der Waals surface area (Å²) in [6.45, 7) is 4.95. The Balaban J connectivity index is 1.59. The molecule has 4 rings (SSSR count). The van der Waals surface area contributed by atoms with E-state index in [1.54, 1.807) is 12.1 Å². The second kappa shape index (κ2) is 9.91. The summed E-state index contributed by atoms with van der Waals surface area (Å²) >= 11 is 0. The van der Waals surface area contributed by atoms with E-state index >= 15 is 0 Å². The van der Waals surface area contributed by atoms with Gasteiger partial charge in [-0.15, -0.1) is 0 Å². The van der Waals surface area contributed by atoms with Gasteiger partial charge in [0.15, 0.2) is 5.03 Å². The summed E-state index contributed by atoms with van der Waals surface area (Å²) < 4.78 is 33.8. The third-order valence-electron chi connectivity index (χ3n) is 6.61. The van der Waals surface area contributed by atoms with Crippen molar-refractivity contribution in [3.63, 3.8) is 0 Å². The summed E-state index contributed by atoms with van der Waals surface area (Å²) in [6.07, 6.45) is 5.62. The lowest BCUT2D eigenvalue weighted by molar-refractivity contribution is -0.141. The van der Waals surface area contributed by atoms with Gasteiger partial charge >= 0.3 is 0 Å². The molecule has 2 N–H and O–H groups in total. The highest BCUT2D eigenvalue weighted by atomic mass is 32.2. The molecule has 3 saturated heterocycles. The van der Waals surface area contributed by atoms with Crippen molar-refractivity contribution >= 4 is 15.9 Å². The number of morpholine rings is 1. The minimum atomic E-state index is -3.82. The topological polar surface area (TPSA) is 109 Å². The number of nitrogens with zero attached hydrogens (tertiary/aromatic N) is 4. The number of sulfonamides is 1. The minimum absolute atomic E-state index is 0.00677. The smallest absolute Gasteiger partial charge is 0.260 e. The quantitative estimate of drug-likeness (QED) is 0.684. The molecule has 0 unspecified atom stereocenters. The van der Waals surface area contributed by atoms with Crippen molar-refractivity contribution in [3.05, 3.63) is 23.9 Å². The zero-order valence-corrected chi connectivity index (χ0v) is 18.8. The van der Waals surface area contributed by atoms with Gasteiger partial charge in [-0.05, 0) is 50.0 Å². The third-order valence-corrected chi connectivity index (χ3v) is 8.34. The SMILES string of the molecule is NCc1ccnc(S(=O)(=O)N2C[C@@H](C(=O)N3CCOCC3)C[C@@H](N3CCCCC3)C2)c1. The molecule has 3 aliphatic heterocycles. The Kier molecular flexibility index (Phi) is 7.22. The van der Waals surface area contributed by atoms with Gasteiger partial charge in [0.05, 0.1) is 19.1 Å². The summed E-state index contributed by atoms with van der Waals surface area (Å²) in [6, 6.07) is 3.30. The summed E-state index contributed by atoms with van der Waals surface area (Å²) in [5.41, 5.74) is 6.42. The van der Waals surface area contributed by atoms with Gasteiger partial charge in [0.2, 0.25) is 5.91 Å². The van der Waals surface area contributed by atoms with Crippen LogP contribution < -0.4 is 5.73 Å². The van der Waals surface area contributed by atoms with Gasteiger partial charge in [-0.25, -0.2) is 13.4 Å². The standard InChI is InChI=1S/C21H33N5O4S/c22-14-17-4-5-23-20(12-17)31(28,29)26-15-18(21(27)25-8-10-30-11-9-25)13-19(16-26)24-6-2-1-3-7-24/h4-5,12,18-19H,1-3,6-11,13-16,22H2/t18-,19+/m0/s1. The zero-order chi connectivity index (χ0) is 21.8. The molecule has 10 heteroatoms. The Labute approximate surface area is 184 Å². The van der Waals surface area contributed by atoms with Crippen molar-refractivity contribution in [2.24, 2.45) is 11.7 Å². The molecule has 2 atom stereocenters. The number of amides is 1. The maximum absolute atomic E-state index is 13.5. The predicted octanol–water partition coefficient (Wildman–Crippen LogP) is 0.264. The Morgan fingerprint density at radius 1 is 1.13 bits per heavy atom. The number of piperidine rings is 2. The summed E-state index contributed by atoms with van der Waals surface area (Å²) in [4.78, 5) is 21.6. The van der Waals surface area contributed by atoms with Crippen LogP contribution in [0.2, 0.25) is 0 Å². The summed E-state index contributed by atoms with van der Waals surface area (Å²) in [7, 11) is -3.82. The molecular weight excluding hydrogens is 418 g/mol. The van der Waals surface area contributed by atoms with Crippen LogP contribution >= 0.6 is 0 Å². The van der Waals surface area contributed by atoms with Crippen LogP contribution in [-0.2, 0) is 26.1 Å². The van der Waals surface area contributed by atoms with Gasteiger partial charge in [0.25, 0.3) is 10.0 Å². The lowest BCUT2D eigenvalue weighted by Crippen LogP contribution is -2.57. The third kappa shape index (κ3) is 5.09. The second-order valence-electron chi connectivity index (χ2n) is 8.65. The monoisotopic (exact) mass is 451 g/mol. The normalized spacial score (nSPS) is 26.7. The van der Waals surface area contributed by atoms with Crippen molar-refractivity contribution in [3.8, 4) is 0 Å². The van der Waals surface area contributed by atoms with E-state index in [9.17, 15) is 13.2 Å². The van der Waals surface area contributed by atoms with Crippen molar-refractivity contribution in [2.45, 2.75) is 43.3 Å². The molecule has 0 bridgehead atoms. The molecule has 0 aromatic carbocycles. The van der Waals surface area contributed by atoms with E-state index in [1.807, 2.05) is 4.90 Å². The Bertz CT molecular complexity index is 868. The van der Waals surface area contributed by atoms with E-state index in [-0.39, 0.29) is 36.0 Å². The second-order valence-corrected chi connectivity index (χ2v) is 10.5. The van der Waals surface area contributed by atoms with Crippen LogP contribution in [0.5, 0.6) is 0 Å². The fourth-order valence-electron chi connectivity index (χ4n) is 4.85. The van der Waals surface area contributed by atoms with Crippen molar-refractivity contribution in [1.29, 1.82) is 0 Å². The molecule has 3 fully saturated rings. The molecule has 0 saturated carbocycles. The minimum Gasteiger partial charge on any atom is -0.378 e. The van der Waals surface area contributed by atoms with E-state index in [1.165, 1.54) is 16.9 Å². The molecule has 0 radical (unpaired) electrons. The van der Waals surface area contributed by atoms with E-state index in [0.717, 1.165) is 31.5 Å². The fourth-order valence-corrected chi connectivity index (χ4v) is 6.35. The van der Waals surface area contributed by atoms with E-state index < -0.39 is 10.0 Å². The van der Waals surface area contributed by atoms with Crippen LogP contribution in [-0.4, -0.2) is 91.9 Å². The summed E-state index contributed by atoms with van der Waals surface area (Å²) in [5.74, 6) is -0.319. The predicted molar refractivity (Wildman–Crippen MR) is 116 cm³/mol. The van der Waals surface area contributed by atoms with Gasteiger partial charge < -0.3 is 15.4 Å². The van der Waals surface area contributed by atoms with E-state index in [2.05, 4.69) is 9.88 Å². The molecule has 9 nitrogen and oxygen atoms in total. The van der Waals surface area contributed by atoms with E-state index in [4.69, 9.17) is 10.5 Å². The Hall–Kier alpha value is -1.59. The maximum Gasteiger partial charge on any atom is 0.260 e. The highest BCUT2D eigenvalue weighted by molar-refractivity contribution is 7.89. The number of carbonyl (C=O) groups excluding carboxylic acids is 1. The fraction of sp³-hybridized carbons (Fsp3) is 0.714. The highest BCUT2D eigenvalue weighted by Crippen LogP contribution is 2.29. The number of aromatic nitrogens is 1. The number of ether oxygens (including phenoxy) is 1. The van der Waals surface area contributed by atoms with Crippen LogP contribution in [0.3, 0.4) is 0 Å². The van der Waals surface area contributed by atoms with Crippen LogP contribution in [0, 0.1) is 5.92 Å². The first-order valence-corrected chi connectivity index (χ1v) is 12.7. The van der Waals surface area contributed by atoms with Gasteiger partial charge in [-0.3, -0.25) is 9.69 Å². The number of likely N-dealkylation sites (tertiary alicyclic amines) is 1. The van der Waals surface area contributed by atoms with Crippen LogP contribution in [0.15, 0.2) is 23.4 Å². The number of hydrogen-bond acceptors (Lipinski definition) is 7. The lowest BCUT2D eigenvalue weighted by Gasteiger charge is -2.44. The average molecular weight is 452 g/mol. The molecule has 31 heavy (non-hydrogen) atoms. The Morgan fingerprint density at radius 3 is 2.58 bits per heavy atom. The Morgan fingerprint density at radius 2 is 1.87 bits per heavy atom. The van der Waals surface area contributed by atoms with Gasteiger partial charge in [0, 0.05) is 45.0 Å². The van der Waals surface area contributed by atoms with Gasteiger partial charge in [-0.1, -0.05) is 6.42 Å². The molecule has 4 heterocycles. The first-order valence-electron chi connectivity index (χ1n) is 11.2. The van der Waals surface area contributed by atoms with Crippen molar-refractivity contribution in [1.82, 2.24) is 19.1 Å². The molecule has 172 valence electrons. The van der Waals surface area contributed by atoms with Gasteiger partial charge in [-0.2, -0.15) is 4.31 Å². The lowest BCUT2D eigenvalue weighted by atomic mass is 9.92. The summed E-state index contributed by atoms with van der Waals surface area (Å²) in [5, 5.41) is 0.00677. The molecular formula is C21H33N5O4S. The maximum atomic E-state index is 13.5. The number of hydrogen-bond donors (Lipinski definition) is 1. The molecule has 1 amide bonds. The average Bonchev–Trinajstić information content (AvgIpc) is 2.84. The molecule has 1 aromatic heterocycles. The molecule has 3 aliphatic rings. The highest BCUT2D eigenvalue weighted by Gasteiger charge is 2.41. The number of pyridine rings is 1. The van der Waals surface area contributed by atoms with Crippen molar-refractivity contribution in [2.75, 3.05) is 52.5 Å². The van der Waals surface area contributed by atoms with Crippen LogP contribution in [0.1, 0.15) is 31.2 Å². The van der Waals surface area contributed by atoms with E-state index in [0.29, 0.717) is 39.3 Å². The largest absolute Gasteiger partial charge is 0.378 e. The first-order chi connectivity index (χ1) is 15.0. The van der Waals surface area contributed by atoms with Crippen molar-refractivity contribution < 1.29 is 17.9 Å².